The van der Waals surface area contributed by atoms with Crippen LogP contribution in [0.2, 0.25) is 0 Å². The van der Waals surface area contributed by atoms with E-state index < -0.39 is 6.10 Å². The van der Waals surface area contributed by atoms with Crippen molar-refractivity contribution in [3.8, 4) is 5.75 Å². The van der Waals surface area contributed by atoms with Crippen molar-refractivity contribution >= 4 is 11.0 Å². The molecule has 1 aromatic carbocycles. The summed E-state index contributed by atoms with van der Waals surface area (Å²) in [6.07, 6.45) is -0.548. The molecule has 3 rings (SSSR count). The molecular formula is C19H26ClN2O4-. The highest BCUT2D eigenvalue weighted by Gasteiger charge is 2.18. The minimum absolute atomic E-state index is 0. The quantitative estimate of drug-likeness (QED) is 0.613. The highest BCUT2D eigenvalue weighted by molar-refractivity contribution is 5.81. The Morgan fingerprint density at radius 1 is 1.19 bits per heavy atom. The molecule has 7 heteroatoms. The molecule has 0 amide bonds. The Bertz CT molecular complexity index is 772. The van der Waals surface area contributed by atoms with E-state index in [1.165, 1.54) is 6.07 Å². The fourth-order valence-electron chi connectivity index (χ4n) is 3.23. The third kappa shape index (κ3) is 5.20. The van der Waals surface area contributed by atoms with Gasteiger partial charge in [0.25, 0.3) is 0 Å². The Hall–Kier alpha value is -1.60. The molecule has 1 aliphatic rings. The number of ether oxygens (including phenoxy) is 1. The fourth-order valence-corrected chi connectivity index (χ4v) is 3.23. The number of likely N-dealkylation sites (N-methyl/N-ethyl adjacent to an activating group) is 1. The number of fused-ring (bicyclic) bond motifs is 1. The lowest BCUT2D eigenvalue weighted by atomic mass is 10.1. The number of rotatable bonds is 6. The van der Waals surface area contributed by atoms with Gasteiger partial charge in [-0.25, -0.2) is 4.79 Å². The van der Waals surface area contributed by atoms with Gasteiger partial charge in [0.05, 0.1) is 0 Å². The number of hydrogen-bond acceptors (Lipinski definition) is 6. The zero-order valence-corrected chi connectivity index (χ0v) is 16.0. The molecule has 0 bridgehead atoms. The summed E-state index contributed by atoms with van der Waals surface area (Å²) in [6, 6.07) is 6.89. The summed E-state index contributed by atoms with van der Waals surface area (Å²) in [5.41, 5.74) is 1.02. The summed E-state index contributed by atoms with van der Waals surface area (Å²) >= 11 is 0. The SMILES string of the molecule is CCN1CCN(CC(O)COc2ccc3c(C)cc(=O)oc3c2)CC1.[Cl-]. The number of aliphatic hydroxyl groups excluding tert-OH is 1. The number of piperazine rings is 1. The van der Waals surface area contributed by atoms with Gasteiger partial charge in [0, 0.05) is 50.2 Å². The summed E-state index contributed by atoms with van der Waals surface area (Å²) in [5, 5.41) is 11.1. The van der Waals surface area contributed by atoms with Gasteiger partial charge in [-0.05, 0) is 31.2 Å². The average Bonchev–Trinajstić information content (AvgIpc) is 2.60. The van der Waals surface area contributed by atoms with Crippen LogP contribution in [0, 0.1) is 6.92 Å². The molecule has 1 aromatic heterocycles. The molecule has 1 aliphatic heterocycles. The van der Waals surface area contributed by atoms with Gasteiger partial charge in [-0.3, -0.25) is 4.90 Å². The highest BCUT2D eigenvalue weighted by Crippen LogP contribution is 2.22. The van der Waals surface area contributed by atoms with Gasteiger partial charge < -0.3 is 31.6 Å². The van der Waals surface area contributed by atoms with Crippen LogP contribution >= 0.6 is 0 Å². The first-order chi connectivity index (χ1) is 12.0. The number of halogens is 1. The van der Waals surface area contributed by atoms with E-state index in [1.807, 2.05) is 19.1 Å². The Balaban J connectivity index is 0.00000243. The number of nitrogens with zero attached hydrogens (tertiary/aromatic N) is 2. The van der Waals surface area contributed by atoms with E-state index >= 15 is 0 Å². The summed E-state index contributed by atoms with van der Waals surface area (Å²) in [4.78, 5) is 16.2. The number of β-amino-alcohol motifs (C(OH)–C–C–N with tert-alkyl or cyclic N) is 1. The second-order valence-corrected chi connectivity index (χ2v) is 6.61. The van der Waals surface area contributed by atoms with Crippen LogP contribution < -0.4 is 22.8 Å². The van der Waals surface area contributed by atoms with E-state index in [1.54, 1.807) is 6.07 Å². The van der Waals surface area contributed by atoms with E-state index in [0.717, 1.165) is 43.7 Å². The van der Waals surface area contributed by atoms with Crippen LogP contribution in [0.25, 0.3) is 11.0 Å². The number of aryl methyl sites for hydroxylation is 1. The van der Waals surface area contributed by atoms with Gasteiger partial charge in [-0.1, -0.05) is 6.92 Å². The minimum atomic E-state index is -0.548. The summed E-state index contributed by atoms with van der Waals surface area (Å²) < 4.78 is 10.9. The highest BCUT2D eigenvalue weighted by atomic mass is 35.5. The van der Waals surface area contributed by atoms with Gasteiger partial charge in [0.1, 0.15) is 24.0 Å². The first kappa shape index (κ1) is 20.7. The van der Waals surface area contributed by atoms with Crippen molar-refractivity contribution in [3.63, 3.8) is 0 Å². The minimum Gasteiger partial charge on any atom is -1.00 e. The van der Waals surface area contributed by atoms with Gasteiger partial charge in [-0.15, -0.1) is 0 Å². The lowest BCUT2D eigenvalue weighted by molar-refractivity contribution is -0.00000843. The molecule has 1 N–H and O–H groups in total. The number of benzene rings is 1. The van der Waals surface area contributed by atoms with Crippen molar-refractivity contribution in [3.05, 3.63) is 40.2 Å². The summed E-state index contributed by atoms with van der Waals surface area (Å²) in [6.45, 7) is 10.0. The molecule has 1 fully saturated rings. The monoisotopic (exact) mass is 381 g/mol. The van der Waals surface area contributed by atoms with Crippen molar-refractivity contribution in [1.29, 1.82) is 0 Å². The standard InChI is InChI=1S/C19H26N2O4.ClH/c1-3-20-6-8-21(9-7-20)12-15(22)13-24-16-4-5-17-14(2)10-19(23)25-18(17)11-16;/h4-5,10-11,15,22H,3,6-9,12-13H2,1-2H3;1H/p-1. The third-order valence-electron chi connectivity index (χ3n) is 4.75. The van der Waals surface area contributed by atoms with Crippen LogP contribution in [-0.2, 0) is 0 Å². The lowest BCUT2D eigenvalue weighted by Gasteiger charge is -2.34. The maximum Gasteiger partial charge on any atom is 0.336 e. The number of hydrogen-bond donors (Lipinski definition) is 1. The maximum atomic E-state index is 11.5. The molecule has 6 nitrogen and oxygen atoms in total. The van der Waals surface area contributed by atoms with Crippen molar-refractivity contribution in [2.75, 3.05) is 45.9 Å². The lowest BCUT2D eigenvalue weighted by Crippen LogP contribution is -3.00. The van der Waals surface area contributed by atoms with Crippen molar-refractivity contribution in [2.45, 2.75) is 20.0 Å². The smallest absolute Gasteiger partial charge is 0.336 e. The first-order valence-electron chi connectivity index (χ1n) is 8.85. The molecule has 0 saturated carbocycles. The van der Waals surface area contributed by atoms with Crippen LogP contribution in [0.3, 0.4) is 0 Å². The Kier molecular flexibility index (Phi) is 7.46. The Morgan fingerprint density at radius 2 is 1.88 bits per heavy atom. The van der Waals surface area contributed by atoms with E-state index in [0.29, 0.717) is 17.9 Å². The molecule has 1 atom stereocenters. The Labute approximate surface area is 159 Å². The van der Waals surface area contributed by atoms with Gasteiger partial charge >= 0.3 is 5.63 Å². The molecule has 144 valence electrons. The molecule has 1 unspecified atom stereocenters. The van der Waals surface area contributed by atoms with Gasteiger partial charge in [0.2, 0.25) is 0 Å². The molecule has 0 aliphatic carbocycles. The summed E-state index contributed by atoms with van der Waals surface area (Å²) in [5.74, 6) is 0.594. The molecule has 0 spiro atoms. The van der Waals surface area contributed by atoms with Crippen LogP contribution in [0.15, 0.2) is 33.5 Å². The molecular weight excluding hydrogens is 356 g/mol. The average molecular weight is 382 g/mol. The Morgan fingerprint density at radius 3 is 2.58 bits per heavy atom. The largest absolute Gasteiger partial charge is 1.00 e. The fraction of sp³-hybridized carbons (Fsp3) is 0.526. The second kappa shape index (κ2) is 9.37. The second-order valence-electron chi connectivity index (χ2n) is 6.61. The normalized spacial score (nSPS) is 17.0. The van der Waals surface area contributed by atoms with Crippen molar-refractivity contribution < 1.29 is 26.7 Å². The van der Waals surface area contributed by atoms with E-state index in [-0.39, 0.29) is 24.6 Å². The van der Waals surface area contributed by atoms with Crippen molar-refractivity contribution in [2.24, 2.45) is 0 Å². The third-order valence-corrected chi connectivity index (χ3v) is 4.75. The van der Waals surface area contributed by atoms with E-state index in [2.05, 4.69) is 16.7 Å². The first-order valence-corrected chi connectivity index (χ1v) is 8.85. The molecule has 2 heterocycles. The molecule has 2 aromatic rings. The topological polar surface area (TPSA) is 66.2 Å². The summed E-state index contributed by atoms with van der Waals surface area (Å²) in [7, 11) is 0. The molecule has 0 radical (unpaired) electrons. The predicted octanol–water partition coefficient (Wildman–Crippen LogP) is -1.52. The zero-order chi connectivity index (χ0) is 17.8. The van der Waals surface area contributed by atoms with E-state index in [4.69, 9.17) is 9.15 Å². The predicted molar refractivity (Wildman–Crippen MR) is 97.3 cm³/mol. The molecule has 26 heavy (non-hydrogen) atoms. The van der Waals surface area contributed by atoms with Crippen molar-refractivity contribution in [1.82, 2.24) is 9.80 Å². The van der Waals surface area contributed by atoms with Crippen LogP contribution in [0.4, 0.5) is 0 Å². The van der Waals surface area contributed by atoms with Crippen LogP contribution in [0.5, 0.6) is 5.75 Å². The van der Waals surface area contributed by atoms with Crippen LogP contribution in [-0.4, -0.2) is 66.9 Å². The molecule has 1 saturated heterocycles. The van der Waals surface area contributed by atoms with Gasteiger partial charge in [0.15, 0.2) is 0 Å². The zero-order valence-electron chi connectivity index (χ0n) is 15.3. The van der Waals surface area contributed by atoms with E-state index in [9.17, 15) is 9.90 Å². The maximum absolute atomic E-state index is 11.5. The van der Waals surface area contributed by atoms with Gasteiger partial charge in [-0.2, -0.15) is 0 Å². The van der Waals surface area contributed by atoms with Crippen LogP contribution in [0.1, 0.15) is 12.5 Å². The number of aliphatic hydroxyl groups is 1.